The van der Waals surface area contributed by atoms with Gasteiger partial charge in [0.2, 0.25) is 5.91 Å². The molecule has 0 heterocycles. The number of amides is 2. The molecule has 0 saturated carbocycles. The fraction of sp³-hybridized carbons (Fsp3) is 0.400. The molecule has 9 heteroatoms. The quantitative estimate of drug-likeness (QED) is 0.277. The summed E-state index contributed by atoms with van der Waals surface area (Å²) in [4.78, 5) is 36.3. The number of carbonyl (C=O) groups excluding carboxylic acids is 3. The van der Waals surface area contributed by atoms with Gasteiger partial charge in [0.1, 0.15) is 12.6 Å². The van der Waals surface area contributed by atoms with Gasteiger partial charge in [0.25, 0.3) is 0 Å². The summed E-state index contributed by atoms with van der Waals surface area (Å²) in [5.74, 6) is 0.276. The molecular formula is C25H33N3O5S. The molecule has 0 fully saturated rings. The SMILES string of the molecule is COC(=O)[C@H](CCCCNC(=O)OCc1ccccc1)NC(=O)[C@@H](N)CSCc1ccccc1. The maximum Gasteiger partial charge on any atom is 0.407 e. The molecule has 2 amide bonds. The van der Waals surface area contributed by atoms with Crippen molar-refractivity contribution in [1.82, 2.24) is 10.6 Å². The molecular weight excluding hydrogens is 454 g/mol. The molecule has 0 radical (unpaired) electrons. The molecule has 0 aliphatic rings. The summed E-state index contributed by atoms with van der Waals surface area (Å²) in [6.45, 7) is 0.595. The molecule has 184 valence electrons. The maximum absolute atomic E-state index is 12.5. The minimum Gasteiger partial charge on any atom is -0.467 e. The Balaban J connectivity index is 1.64. The predicted molar refractivity (Wildman–Crippen MR) is 133 cm³/mol. The number of ether oxygens (including phenoxy) is 2. The van der Waals surface area contributed by atoms with Crippen LogP contribution in [0.5, 0.6) is 0 Å². The summed E-state index contributed by atoms with van der Waals surface area (Å²) < 4.78 is 9.97. The van der Waals surface area contributed by atoms with Crippen molar-refractivity contribution in [3.05, 3.63) is 71.8 Å². The van der Waals surface area contributed by atoms with Gasteiger partial charge in [0, 0.05) is 18.1 Å². The van der Waals surface area contributed by atoms with Crippen LogP contribution in [0.3, 0.4) is 0 Å². The van der Waals surface area contributed by atoms with Crippen LogP contribution in [0.1, 0.15) is 30.4 Å². The second-order valence-electron chi connectivity index (χ2n) is 7.68. The fourth-order valence-electron chi connectivity index (χ4n) is 3.06. The first-order valence-corrected chi connectivity index (χ1v) is 12.3. The van der Waals surface area contributed by atoms with Crippen molar-refractivity contribution in [2.75, 3.05) is 19.4 Å². The van der Waals surface area contributed by atoms with Crippen molar-refractivity contribution in [2.45, 2.75) is 43.7 Å². The summed E-state index contributed by atoms with van der Waals surface area (Å²) >= 11 is 1.56. The van der Waals surface area contributed by atoms with Gasteiger partial charge in [-0.1, -0.05) is 60.7 Å². The van der Waals surface area contributed by atoms with Gasteiger partial charge in [0.05, 0.1) is 13.2 Å². The third-order valence-electron chi connectivity index (χ3n) is 4.95. The Morgan fingerprint density at radius 1 is 0.971 bits per heavy atom. The average molecular weight is 488 g/mol. The van der Waals surface area contributed by atoms with Gasteiger partial charge >= 0.3 is 12.1 Å². The molecule has 2 aromatic carbocycles. The van der Waals surface area contributed by atoms with Crippen LogP contribution in [-0.2, 0) is 31.4 Å². The Kier molecular flexibility index (Phi) is 12.6. The number of benzene rings is 2. The number of hydrogen-bond acceptors (Lipinski definition) is 7. The second-order valence-corrected chi connectivity index (χ2v) is 8.71. The van der Waals surface area contributed by atoms with Crippen LogP contribution < -0.4 is 16.4 Å². The Morgan fingerprint density at radius 2 is 1.62 bits per heavy atom. The minimum absolute atomic E-state index is 0.201. The van der Waals surface area contributed by atoms with E-state index in [2.05, 4.69) is 10.6 Å². The summed E-state index contributed by atoms with van der Waals surface area (Å²) in [5, 5.41) is 5.37. The van der Waals surface area contributed by atoms with Gasteiger partial charge in [-0.3, -0.25) is 4.79 Å². The number of nitrogens with two attached hydrogens (primary N) is 1. The van der Waals surface area contributed by atoms with Crippen LogP contribution in [0.2, 0.25) is 0 Å². The Hall–Kier alpha value is -3.04. The van der Waals surface area contributed by atoms with Crippen LogP contribution in [-0.4, -0.2) is 49.5 Å². The molecule has 0 aliphatic heterocycles. The number of methoxy groups -OCH3 is 1. The van der Waals surface area contributed by atoms with E-state index in [1.54, 1.807) is 11.8 Å². The summed E-state index contributed by atoms with van der Waals surface area (Å²) in [6.07, 6.45) is 1.09. The summed E-state index contributed by atoms with van der Waals surface area (Å²) in [5.41, 5.74) is 8.07. The van der Waals surface area contributed by atoms with E-state index in [1.165, 1.54) is 7.11 Å². The van der Waals surface area contributed by atoms with Crippen molar-refractivity contribution >= 4 is 29.7 Å². The van der Waals surface area contributed by atoms with Gasteiger partial charge in [-0.25, -0.2) is 9.59 Å². The lowest BCUT2D eigenvalue weighted by atomic mass is 10.1. The topological polar surface area (TPSA) is 120 Å². The van der Waals surface area contributed by atoms with Crippen LogP contribution >= 0.6 is 11.8 Å². The van der Waals surface area contributed by atoms with Crippen molar-refractivity contribution in [3.63, 3.8) is 0 Å². The number of unbranched alkanes of at least 4 members (excludes halogenated alkanes) is 1. The van der Waals surface area contributed by atoms with E-state index in [0.717, 1.165) is 16.9 Å². The number of esters is 1. The second kappa shape index (κ2) is 15.7. The standard InChI is InChI=1S/C25H33N3O5S/c1-32-24(30)22(28-23(29)21(26)18-34-17-20-12-6-3-7-13-20)14-8-9-15-27-25(31)33-16-19-10-4-2-5-11-19/h2-7,10-13,21-22H,8-9,14-18,26H2,1H3,(H,27,31)(H,28,29)/t21-,22-/m0/s1. The van der Waals surface area contributed by atoms with Gasteiger partial charge in [-0.2, -0.15) is 11.8 Å². The monoisotopic (exact) mass is 487 g/mol. The molecule has 0 spiro atoms. The van der Waals surface area contributed by atoms with Crippen LogP contribution in [0, 0.1) is 0 Å². The van der Waals surface area contributed by atoms with Crippen molar-refractivity contribution < 1.29 is 23.9 Å². The number of hydrogen-bond donors (Lipinski definition) is 3. The van der Waals surface area contributed by atoms with E-state index < -0.39 is 30.1 Å². The summed E-state index contributed by atoms with van der Waals surface area (Å²) in [6, 6.07) is 17.8. The third-order valence-corrected chi connectivity index (χ3v) is 6.08. The molecule has 0 saturated heterocycles. The van der Waals surface area contributed by atoms with E-state index in [1.807, 2.05) is 60.7 Å². The van der Waals surface area contributed by atoms with E-state index in [0.29, 0.717) is 31.6 Å². The normalized spacial score (nSPS) is 12.3. The molecule has 2 atom stereocenters. The highest BCUT2D eigenvalue weighted by Crippen LogP contribution is 2.12. The zero-order chi connectivity index (χ0) is 24.6. The third kappa shape index (κ3) is 10.7. The lowest BCUT2D eigenvalue weighted by molar-refractivity contribution is -0.145. The molecule has 0 aromatic heterocycles. The largest absolute Gasteiger partial charge is 0.467 e. The maximum atomic E-state index is 12.5. The lowest BCUT2D eigenvalue weighted by Crippen LogP contribution is -2.49. The van der Waals surface area contributed by atoms with E-state index in [-0.39, 0.29) is 6.61 Å². The number of thioether (sulfide) groups is 1. The molecule has 0 bridgehead atoms. The first-order valence-electron chi connectivity index (χ1n) is 11.2. The number of nitrogens with one attached hydrogen (secondary N) is 2. The van der Waals surface area contributed by atoms with Gasteiger partial charge in [-0.15, -0.1) is 0 Å². The number of alkyl carbamates (subject to hydrolysis) is 1. The van der Waals surface area contributed by atoms with Gasteiger partial charge in [-0.05, 0) is 30.4 Å². The highest BCUT2D eigenvalue weighted by atomic mass is 32.2. The van der Waals surface area contributed by atoms with Crippen LogP contribution in [0.4, 0.5) is 4.79 Å². The Bertz CT molecular complexity index is 883. The van der Waals surface area contributed by atoms with Crippen molar-refractivity contribution in [2.24, 2.45) is 5.73 Å². The van der Waals surface area contributed by atoms with E-state index in [4.69, 9.17) is 15.2 Å². The predicted octanol–water partition coefficient (Wildman–Crippen LogP) is 3.00. The zero-order valence-electron chi connectivity index (χ0n) is 19.4. The van der Waals surface area contributed by atoms with Gasteiger partial charge < -0.3 is 25.8 Å². The highest BCUT2D eigenvalue weighted by Gasteiger charge is 2.24. The first-order chi connectivity index (χ1) is 16.5. The summed E-state index contributed by atoms with van der Waals surface area (Å²) in [7, 11) is 1.28. The Labute approximate surface area is 205 Å². The highest BCUT2D eigenvalue weighted by molar-refractivity contribution is 7.98. The zero-order valence-corrected chi connectivity index (χ0v) is 20.2. The number of carbonyl (C=O) groups is 3. The lowest BCUT2D eigenvalue weighted by Gasteiger charge is -2.19. The minimum atomic E-state index is -0.785. The molecule has 2 aromatic rings. The molecule has 0 aliphatic carbocycles. The van der Waals surface area contributed by atoms with E-state index in [9.17, 15) is 14.4 Å². The molecule has 34 heavy (non-hydrogen) atoms. The Morgan fingerprint density at radius 3 is 2.26 bits per heavy atom. The molecule has 4 N–H and O–H groups in total. The first kappa shape index (κ1) is 27.2. The molecule has 2 rings (SSSR count). The van der Waals surface area contributed by atoms with Crippen LogP contribution in [0.25, 0.3) is 0 Å². The van der Waals surface area contributed by atoms with Crippen LogP contribution in [0.15, 0.2) is 60.7 Å². The van der Waals surface area contributed by atoms with Gasteiger partial charge in [0.15, 0.2) is 0 Å². The fourth-order valence-corrected chi connectivity index (χ4v) is 4.01. The average Bonchev–Trinajstić information content (AvgIpc) is 2.87. The molecule has 0 unspecified atom stereocenters. The molecule has 8 nitrogen and oxygen atoms in total. The van der Waals surface area contributed by atoms with E-state index >= 15 is 0 Å². The van der Waals surface area contributed by atoms with Crippen molar-refractivity contribution in [1.29, 1.82) is 0 Å². The smallest absolute Gasteiger partial charge is 0.407 e. The number of rotatable bonds is 14. The van der Waals surface area contributed by atoms with Crippen molar-refractivity contribution in [3.8, 4) is 0 Å².